The van der Waals surface area contributed by atoms with Crippen LogP contribution in [-0.4, -0.2) is 16.0 Å². The van der Waals surface area contributed by atoms with Crippen molar-refractivity contribution in [3.05, 3.63) is 43.3 Å². The molecule has 0 aliphatic heterocycles. The van der Waals surface area contributed by atoms with Gasteiger partial charge in [0, 0.05) is 0 Å². The summed E-state index contributed by atoms with van der Waals surface area (Å²) in [5.74, 6) is -0.856. The first kappa shape index (κ1) is 20.0. The van der Waals surface area contributed by atoms with Gasteiger partial charge in [-0.1, -0.05) is 6.42 Å². The molecule has 0 saturated heterocycles. The second kappa shape index (κ2) is 19.1. The number of carbonyl (C=O) groups is 1. The monoisotopic (exact) mass is 262 g/mol. The quantitative estimate of drug-likeness (QED) is 0.461. The maximum absolute atomic E-state index is 9.31. The zero-order valence-electron chi connectivity index (χ0n) is 7.96. The molecule has 1 aromatic rings. The molecule has 0 atom stereocenters. The molecule has 0 bridgehead atoms. The summed E-state index contributed by atoms with van der Waals surface area (Å²) in [5.41, 5.74) is 0. The van der Waals surface area contributed by atoms with E-state index in [1.807, 2.05) is 30.3 Å². The Labute approximate surface area is 106 Å². The van der Waals surface area contributed by atoms with Crippen LogP contribution in [0.2, 0.25) is 0 Å². The summed E-state index contributed by atoms with van der Waals surface area (Å²) in [4.78, 5) is 16.3. The molecule has 0 unspecified atom stereocenters. The van der Waals surface area contributed by atoms with E-state index in [2.05, 4.69) is 13.0 Å². The van der Waals surface area contributed by atoms with Crippen molar-refractivity contribution in [1.82, 2.24) is 0 Å². The number of carboxylic acids is 1. The normalized spacial score (nSPS) is 7.07. The molecular formula is C9H11O4PTi. The van der Waals surface area contributed by atoms with Crippen LogP contribution >= 0.6 is 8.69 Å². The molecule has 2 N–H and O–H groups in total. The van der Waals surface area contributed by atoms with Crippen molar-refractivity contribution in [3.8, 4) is 0 Å². The summed E-state index contributed by atoms with van der Waals surface area (Å²) in [5, 5.41) is 7.66. The summed E-state index contributed by atoms with van der Waals surface area (Å²) in [6.07, 6.45) is -0.0278. The number of carboxylic acid groups (broad SMARTS) is 1. The van der Waals surface area contributed by atoms with Gasteiger partial charge in [-0.05, 0) is 0 Å². The average molecular weight is 262 g/mol. The van der Waals surface area contributed by atoms with E-state index in [9.17, 15) is 4.79 Å². The molecule has 1 rings (SSSR count). The van der Waals surface area contributed by atoms with Gasteiger partial charge in [0.25, 0.3) is 5.97 Å². The third-order valence-corrected chi connectivity index (χ3v) is 0.821. The summed E-state index contributed by atoms with van der Waals surface area (Å²) >= 11 is 0. The van der Waals surface area contributed by atoms with E-state index >= 15 is 0 Å². The second-order valence-corrected chi connectivity index (χ2v) is 1.97. The summed E-state index contributed by atoms with van der Waals surface area (Å²) in [6.45, 7) is 3.09. The van der Waals surface area contributed by atoms with Gasteiger partial charge in [0.2, 0.25) is 0 Å². The molecule has 80 valence electrons. The van der Waals surface area contributed by atoms with Crippen LogP contribution in [0, 0.1) is 13.0 Å². The van der Waals surface area contributed by atoms with Gasteiger partial charge >= 0.3 is 30.4 Å². The Hall–Kier alpha value is -0.536. The van der Waals surface area contributed by atoms with Gasteiger partial charge in [-0.25, -0.2) is 4.57 Å². The minimum Gasteiger partial charge on any atom is -0.483 e. The van der Waals surface area contributed by atoms with Crippen LogP contribution in [0.5, 0.6) is 0 Å². The summed E-state index contributed by atoms with van der Waals surface area (Å²) in [6, 6.07) is 12.5. The molecule has 0 aliphatic carbocycles. The van der Waals surface area contributed by atoms with Crippen LogP contribution in [0.1, 0.15) is 6.42 Å². The zero-order valence-corrected chi connectivity index (χ0v) is 10.4. The predicted molar refractivity (Wildman–Crippen MR) is 52.7 cm³/mol. The largest absolute Gasteiger partial charge is 2.00 e. The van der Waals surface area contributed by atoms with Crippen LogP contribution in [0.4, 0.5) is 0 Å². The molecule has 0 aromatic heterocycles. The maximum Gasteiger partial charge on any atom is 2.00 e. The Bertz CT molecular complexity index is 204. The summed E-state index contributed by atoms with van der Waals surface area (Å²) < 4.78 is 8.46. The Balaban J connectivity index is -0.000000148. The molecule has 0 spiro atoms. The van der Waals surface area contributed by atoms with Crippen molar-refractivity contribution in [2.75, 3.05) is 0 Å². The van der Waals surface area contributed by atoms with Crippen molar-refractivity contribution in [1.29, 1.82) is 0 Å². The third-order valence-electron chi connectivity index (χ3n) is 0.821. The molecule has 4 nitrogen and oxygen atoms in total. The van der Waals surface area contributed by atoms with E-state index in [0.29, 0.717) is 0 Å². The Kier molecular flexibility index (Phi) is 25.4. The molecule has 0 fully saturated rings. The Morgan fingerprint density at radius 1 is 1.33 bits per heavy atom. The molecule has 0 amide bonds. The molecule has 0 aliphatic rings. The van der Waals surface area contributed by atoms with Gasteiger partial charge in [0.15, 0.2) is 0 Å². The van der Waals surface area contributed by atoms with Gasteiger partial charge in [-0.15, -0.1) is 0 Å². The molecule has 1 aromatic carbocycles. The standard InChI is InChI=1S/C6H5.C3H5O2.HO2P.Ti/c1-2-4-6-5-3-1;1-2-3(4)5;1-3-2;/h1-5H;1-2H2,(H,4,5);(H,1,2);/q2*-1;;+2. The van der Waals surface area contributed by atoms with E-state index in [-0.39, 0.29) is 28.1 Å². The summed E-state index contributed by atoms with van der Waals surface area (Å²) in [7, 11) is -0.833. The maximum atomic E-state index is 9.31. The van der Waals surface area contributed by atoms with E-state index in [1.54, 1.807) is 0 Å². The minimum atomic E-state index is -0.856. The van der Waals surface area contributed by atoms with Crippen LogP contribution in [-0.2, 0) is 31.1 Å². The first-order chi connectivity index (χ1) is 6.68. The number of aliphatic carboxylic acids is 1. The number of hydrogen-bond acceptors (Lipinski definition) is 2. The van der Waals surface area contributed by atoms with Crippen molar-refractivity contribution >= 4 is 14.7 Å². The van der Waals surface area contributed by atoms with E-state index in [0.717, 1.165) is 0 Å². The Morgan fingerprint density at radius 3 is 1.73 bits per heavy atom. The van der Waals surface area contributed by atoms with Crippen LogP contribution < -0.4 is 0 Å². The fourth-order valence-corrected chi connectivity index (χ4v) is 0.342. The van der Waals surface area contributed by atoms with Crippen molar-refractivity contribution in [3.63, 3.8) is 0 Å². The van der Waals surface area contributed by atoms with Crippen molar-refractivity contribution in [2.45, 2.75) is 6.42 Å². The first-order valence-electron chi connectivity index (χ1n) is 3.57. The van der Waals surface area contributed by atoms with Gasteiger partial charge in [0.05, 0.1) is 0 Å². The smallest absolute Gasteiger partial charge is 0.483 e. The topological polar surface area (TPSA) is 74.6 Å². The van der Waals surface area contributed by atoms with Crippen LogP contribution in [0.15, 0.2) is 30.3 Å². The zero-order chi connectivity index (χ0) is 11.2. The molecule has 0 radical (unpaired) electrons. The predicted octanol–water partition coefficient (Wildman–Crippen LogP) is 1.96. The van der Waals surface area contributed by atoms with Crippen LogP contribution in [0.3, 0.4) is 0 Å². The average Bonchev–Trinajstić information content (AvgIpc) is 2.22. The molecule has 0 saturated carbocycles. The van der Waals surface area contributed by atoms with Crippen molar-refractivity contribution in [2.24, 2.45) is 0 Å². The molecule has 15 heavy (non-hydrogen) atoms. The van der Waals surface area contributed by atoms with Gasteiger partial charge < -0.3 is 16.9 Å². The van der Waals surface area contributed by atoms with Crippen molar-refractivity contribution < 1.29 is 41.1 Å². The number of benzene rings is 1. The molecular weight excluding hydrogens is 251 g/mol. The molecule has 0 heterocycles. The second-order valence-electron chi connectivity index (χ2n) is 1.80. The molecule has 6 heteroatoms. The number of hydrogen-bond donors (Lipinski definition) is 2. The van der Waals surface area contributed by atoms with Gasteiger partial charge in [0.1, 0.15) is 0 Å². The number of rotatable bonds is 1. The SMILES string of the molecule is O=PO.[CH2-]CC(=O)O.[Ti+2].[c-]1ccccc1. The van der Waals surface area contributed by atoms with E-state index in [4.69, 9.17) is 14.6 Å². The fraction of sp³-hybridized carbons (Fsp3) is 0.111. The van der Waals surface area contributed by atoms with Gasteiger partial charge in [-0.2, -0.15) is 36.4 Å². The van der Waals surface area contributed by atoms with E-state index < -0.39 is 14.7 Å². The van der Waals surface area contributed by atoms with E-state index in [1.165, 1.54) is 0 Å². The Morgan fingerprint density at radius 2 is 1.67 bits per heavy atom. The third kappa shape index (κ3) is 31.8. The van der Waals surface area contributed by atoms with Crippen LogP contribution in [0.25, 0.3) is 0 Å². The minimum absolute atomic E-state index is 0. The van der Waals surface area contributed by atoms with Gasteiger partial charge in [-0.3, -0.25) is 4.79 Å². The fourth-order valence-electron chi connectivity index (χ4n) is 0.342. The first-order valence-corrected chi connectivity index (χ1v) is 4.34.